The van der Waals surface area contributed by atoms with E-state index in [0.29, 0.717) is 6.54 Å². The summed E-state index contributed by atoms with van der Waals surface area (Å²) in [7, 11) is 0. The lowest BCUT2D eigenvalue weighted by molar-refractivity contribution is 0.370. The van der Waals surface area contributed by atoms with E-state index in [1.165, 1.54) is 4.88 Å². The van der Waals surface area contributed by atoms with Gasteiger partial charge in [0.25, 0.3) is 0 Å². The highest BCUT2D eigenvalue weighted by Gasteiger charge is 2.21. The lowest BCUT2D eigenvalue weighted by Crippen LogP contribution is -2.52. The van der Waals surface area contributed by atoms with Crippen molar-refractivity contribution in [2.24, 2.45) is 4.99 Å². The van der Waals surface area contributed by atoms with E-state index in [4.69, 9.17) is 4.99 Å². The molecule has 3 rings (SSSR count). The Kier molecular flexibility index (Phi) is 5.80. The monoisotopic (exact) mass is 359 g/mol. The Morgan fingerprint density at radius 2 is 1.92 bits per heavy atom. The molecule has 0 radical (unpaired) electrons. The number of anilines is 1. The zero-order valence-electron chi connectivity index (χ0n) is 15.1. The maximum atomic E-state index is 4.83. The largest absolute Gasteiger partial charge is 0.357 e. The summed E-state index contributed by atoms with van der Waals surface area (Å²) in [6, 6.07) is 1.85. The molecular weight excluding hydrogens is 334 g/mol. The van der Waals surface area contributed by atoms with Gasteiger partial charge in [-0.05, 0) is 26.8 Å². The fourth-order valence-corrected chi connectivity index (χ4v) is 3.73. The fraction of sp³-hybridized carbons (Fsp3) is 0.529. The van der Waals surface area contributed by atoms with Crippen LogP contribution in [0.5, 0.6) is 0 Å². The van der Waals surface area contributed by atoms with Crippen LogP contribution in [0.2, 0.25) is 0 Å². The minimum atomic E-state index is 0.682. The predicted molar refractivity (Wildman–Crippen MR) is 102 cm³/mol. The minimum absolute atomic E-state index is 0.682. The summed E-state index contributed by atoms with van der Waals surface area (Å²) in [6.07, 6.45) is 3.58. The van der Waals surface area contributed by atoms with Gasteiger partial charge < -0.3 is 15.1 Å². The number of nitrogens with zero attached hydrogens (tertiary/aromatic N) is 6. The van der Waals surface area contributed by atoms with Crippen LogP contribution in [0.15, 0.2) is 23.5 Å². The van der Waals surface area contributed by atoms with Crippen LogP contribution in [0.1, 0.15) is 22.5 Å². The summed E-state index contributed by atoms with van der Waals surface area (Å²) in [5.74, 6) is 1.78. The molecule has 1 fully saturated rings. The lowest BCUT2D eigenvalue weighted by Gasteiger charge is -2.36. The number of aliphatic imine (C=N–C) groups is 1. The number of hydrogen-bond donors (Lipinski definition) is 1. The van der Waals surface area contributed by atoms with Crippen LogP contribution in [0.4, 0.5) is 5.95 Å². The van der Waals surface area contributed by atoms with E-state index < -0.39 is 0 Å². The molecule has 7 nitrogen and oxygen atoms in total. The Labute approximate surface area is 152 Å². The third kappa shape index (κ3) is 4.45. The standard InChI is InChI=1S/C17H25N7S/c1-4-18-16(21-12-15-13(2)22-14(3)25-15)23-8-10-24(11-9-23)17-19-6-5-7-20-17/h5-7H,4,8-12H2,1-3H3,(H,18,21). The summed E-state index contributed by atoms with van der Waals surface area (Å²) in [5, 5.41) is 4.51. The second kappa shape index (κ2) is 8.24. The highest BCUT2D eigenvalue weighted by atomic mass is 32.1. The van der Waals surface area contributed by atoms with Crippen molar-refractivity contribution in [3.8, 4) is 0 Å². The summed E-state index contributed by atoms with van der Waals surface area (Å²) in [6.45, 7) is 11.4. The zero-order chi connectivity index (χ0) is 17.6. The quantitative estimate of drug-likeness (QED) is 0.664. The highest BCUT2D eigenvalue weighted by molar-refractivity contribution is 7.11. The number of guanidine groups is 1. The minimum Gasteiger partial charge on any atom is -0.357 e. The molecule has 0 aliphatic carbocycles. The zero-order valence-corrected chi connectivity index (χ0v) is 15.9. The molecule has 134 valence electrons. The summed E-state index contributed by atoms with van der Waals surface area (Å²) in [4.78, 5) is 23.8. The van der Waals surface area contributed by atoms with Crippen molar-refractivity contribution in [1.29, 1.82) is 0 Å². The first-order valence-corrected chi connectivity index (χ1v) is 9.47. The molecule has 0 unspecified atom stereocenters. The van der Waals surface area contributed by atoms with E-state index in [-0.39, 0.29) is 0 Å². The number of rotatable bonds is 4. The van der Waals surface area contributed by atoms with Gasteiger partial charge in [0.1, 0.15) is 0 Å². The highest BCUT2D eigenvalue weighted by Crippen LogP contribution is 2.18. The first-order valence-electron chi connectivity index (χ1n) is 8.65. The molecule has 2 aromatic rings. The van der Waals surface area contributed by atoms with Crippen molar-refractivity contribution < 1.29 is 0 Å². The van der Waals surface area contributed by atoms with Crippen molar-refractivity contribution in [3.63, 3.8) is 0 Å². The van der Waals surface area contributed by atoms with E-state index in [0.717, 1.165) is 55.3 Å². The summed E-state index contributed by atoms with van der Waals surface area (Å²) < 4.78 is 0. The van der Waals surface area contributed by atoms with Crippen LogP contribution in [-0.4, -0.2) is 58.5 Å². The van der Waals surface area contributed by atoms with E-state index in [1.54, 1.807) is 23.7 Å². The second-order valence-electron chi connectivity index (χ2n) is 5.93. The number of piperazine rings is 1. The Bertz CT molecular complexity index is 705. The van der Waals surface area contributed by atoms with Gasteiger partial charge in [0.15, 0.2) is 5.96 Å². The maximum absolute atomic E-state index is 4.83. The average Bonchev–Trinajstić information content (AvgIpc) is 2.97. The van der Waals surface area contributed by atoms with Crippen LogP contribution in [0.3, 0.4) is 0 Å². The van der Waals surface area contributed by atoms with Gasteiger partial charge in [-0.1, -0.05) is 0 Å². The molecule has 25 heavy (non-hydrogen) atoms. The maximum Gasteiger partial charge on any atom is 0.225 e. The van der Waals surface area contributed by atoms with Crippen molar-refractivity contribution in [1.82, 2.24) is 25.2 Å². The SMILES string of the molecule is CCNC(=NCc1sc(C)nc1C)N1CCN(c2ncccn2)CC1. The number of aromatic nitrogens is 3. The third-order valence-electron chi connectivity index (χ3n) is 4.12. The van der Waals surface area contributed by atoms with Crippen LogP contribution in [0.25, 0.3) is 0 Å². The molecule has 1 saturated heterocycles. The number of thiazole rings is 1. The molecule has 0 aromatic carbocycles. The van der Waals surface area contributed by atoms with Gasteiger partial charge in [-0.15, -0.1) is 11.3 Å². The van der Waals surface area contributed by atoms with E-state index >= 15 is 0 Å². The van der Waals surface area contributed by atoms with Gasteiger partial charge in [-0.25, -0.2) is 19.9 Å². The van der Waals surface area contributed by atoms with Crippen LogP contribution in [0, 0.1) is 13.8 Å². The molecule has 1 aliphatic heterocycles. The first kappa shape index (κ1) is 17.6. The Balaban J connectivity index is 1.63. The van der Waals surface area contributed by atoms with E-state index in [2.05, 4.69) is 43.9 Å². The fourth-order valence-electron chi connectivity index (χ4n) is 2.87. The van der Waals surface area contributed by atoms with Gasteiger partial charge in [0, 0.05) is 50.0 Å². The summed E-state index contributed by atoms with van der Waals surface area (Å²) >= 11 is 1.73. The Hall–Kier alpha value is -2.22. The van der Waals surface area contributed by atoms with Crippen LogP contribution in [-0.2, 0) is 6.54 Å². The van der Waals surface area contributed by atoms with Crippen molar-refractivity contribution >= 4 is 23.2 Å². The molecule has 0 amide bonds. The van der Waals surface area contributed by atoms with Crippen LogP contribution >= 0.6 is 11.3 Å². The molecule has 1 aliphatic rings. The molecule has 0 saturated carbocycles. The first-order chi connectivity index (χ1) is 12.2. The smallest absolute Gasteiger partial charge is 0.225 e. The van der Waals surface area contributed by atoms with E-state index in [1.807, 2.05) is 13.0 Å². The van der Waals surface area contributed by atoms with Crippen molar-refractivity contribution in [3.05, 3.63) is 34.0 Å². The van der Waals surface area contributed by atoms with Gasteiger partial charge >= 0.3 is 0 Å². The van der Waals surface area contributed by atoms with Gasteiger partial charge in [-0.3, -0.25) is 0 Å². The molecule has 0 bridgehead atoms. The summed E-state index contributed by atoms with van der Waals surface area (Å²) in [5.41, 5.74) is 1.09. The number of aryl methyl sites for hydroxylation is 2. The number of nitrogens with one attached hydrogen (secondary N) is 1. The molecule has 3 heterocycles. The van der Waals surface area contributed by atoms with Crippen molar-refractivity contribution in [2.45, 2.75) is 27.3 Å². The Morgan fingerprint density at radius 3 is 2.52 bits per heavy atom. The Morgan fingerprint density at radius 1 is 1.20 bits per heavy atom. The average molecular weight is 360 g/mol. The normalized spacial score (nSPS) is 15.6. The van der Waals surface area contributed by atoms with Gasteiger partial charge in [0.2, 0.25) is 5.95 Å². The topological polar surface area (TPSA) is 69.5 Å². The molecule has 8 heteroatoms. The molecular formula is C17H25N7S. The molecule has 0 spiro atoms. The van der Waals surface area contributed by atoms with Gasteiger partial charge in [0.05, 0.1) is 17.2 Å². The lowest BCUT2D eigenvalue weighted by atomic mass is 10.3. The third-order valence-corrected chi connectivity index (χ3v) is 5.18. The van der Waals surface area contributed by atoms with E-state index in [9.17, 15) is 0 Å². The van der Waals surface area contributed by atoms with Crippen LogP contribution < -0.4 is 10.2 Å². The predicted octanol–water partition coefficient (Wildman–Crippen LogP) is 1.84. The molecule has 2 aromatic heterocycles. The van der Waals surface area contributed by atoms with Crippen molar-refractivity contribution in [2.75, 3.05) is 37.6 Å². The number of hydrogen-bond acceptors (Lipinski definition) is 6. The van der Waals surface area contributed by atoms with Gasteiger partial charge in [-0.2, -0.15) is 0 Å². The molecule has 0 atom stereocenters. The second-order valence-corrected chi connectivity index (χ2v) is 7.22. The molecule has 1 N–H and O–H groups in total.